The number of aryl methyl sites for hydroxylation is 1. The molecule has 29 heavy (non-hydrogen) atoms. The van der Waals surface area contributed by atoms with Crippen molar-refractivity contribution in [2.75, 3.05) is 59.1 Å². The van der Waals surface area contributed by atoms with Gasteiger partial charge in [0.25, 0.3) is 0 Å². The Morgan fingerprint density at radius 3 is 2.62 bits per heavy atom. The Hall–Kier alpha value is -1.71. The number of hydrogen-bond donors (Lipinski definition) is 1. The maximum Gasteiger partial charge on any atom is 0.194 e. The Morgan fingerprint density at radius 2 is 1.97 bits per heavy atom. The van der Waals surface area contributed by atoms with Gasteiger partial charge >= 0.3 is 0 Å². The Kier molecular flexibility index (Phi) is 8.69. The summed E-state index contributed by atoms with van der Waals surface area (Å²) < 4.78 is 13.2. The molecule has 9 heteroatoms. The standard InChI is InChI=1S/C20H37N7O2/c1-4-29-18-6-10-27(11-7-18)20(22-16-19-24-23-17(2)25(19)3)21-8-5-9-26-12-14-28-15-13-26/h18H,4-16H2,1-3H3,(H,21,22). The molecule has 2 fully saturated rings. The third-order valence-electron chi connectivity index (χ3n) is 5.73. The lowest BCUT2D eigenvalue weighted by atomic mass is 10.1. The summed E-state index contributed by atoms with van der Waals surface area (Å²) in [6.45, 7) is 13.1. The van der Waals surface area contributed by atoms with Crippen LogP contribution in [0, 0.1) is 6.92 Å². The summed E-state index contributed by atoms with van der Waals surface area (Å²) in [5.41, 5.74) is 0. The highest BCUT2D eigenvalue weighted by Gasteiger charge is 2.22. The molecule has 1 aromatic rings. The van der Waals surface area contributed by atoms with Crippen LogP contribution in [-0.2, 0) is 23.1 Å². The average Bonchev–Trinajstić information content (AvgIpc) is 3.07. The second kappa shape index (κ2) is 11.5. The van der Waals surface area contributed by atoms with E-state index in [9.17, 15) is 0 Å². The fourth-order valence-electron chi connectivity index (χ4n) is 3.80. The van der Waals surface area contributed by atoms with Crippen molar-refractivity contribution in [1.82, 2.24) is 29.9 Å². The van der Waals surface area contributed by atoms with Crippen LogP contribution < -0.4 is 5.32 Å². The van der Waals surface area contributed by atoms with Crippen LogP contribution in [0.5, 0.6) is 0 Å². The summed E-state index contributed by atoms with van der Waals surface area (Å²) in [6.07, 6.45) is 3.56. The molecule has 0 unspecified atom stereocenters. The van der Waals surface area contributed by atoms with Gasteiger partial charge in [0, 0.05) is 46.4 Å². The Morgan fingerprint density at radius 1 is 1.21 bits per heavy atom. The molecule has 2 aliphatic rings. The number of ether oxygens (including phenoxy) is 2. The van der Waals surface area contributed by atoms with Gasteiger partial charge in [-0.15, -0.1) is 10.2 Å². The van der Waals surface area contributed by atoms with E-state index in [0.717, 1.165) is 96.0 Å². The summed E-state index contributed by atoms with van der Waals surface area (Å²) in [5, 5.41) is 12.0. The van der Waals surface area contributed by atoms with E-state index in [1.165, 1.54) is 0 Å². The highest BCUT2D eigenvalue weighted by Crippen LogP contribution is 2.14. The third-order valence-corrected chi connectivity index (χ3v) is 5.73. The molecule has 2 aliphatic heterocycles. The van der Waals surface area contributed by atoms with Gasteiger partial charge in [0.05, 0.1) is 19.3 Å². The van der Waals surface area contributed by atoms with Crippen LogP contribution in [-0.4, -0.2) is 95.7 Å². The quantitative estimate of drug-likeness (QED) is 0.388. The van der Waals surface area contributed by atoms with Crippen LogP contribution in [0.3, 0.4) is 0 Å². The first kappa shape index (κ1) is 22.0. The molecule has 0 amide bonds. The number of nitrogens with one attached hydrogen (secondary N) is 1. The summed E-state index contributed by atoms with van der Waals surface area (Å²) in [6, 6.07) is 0. The van der Waals surface area contributed by atoms with Gasteiger partial charge in [-0.3, -0.25) is 4.90 Å². The molecule has 0 aromatic carbocycles. The molecule has 0 aliphatic carbocycles. The van der Waals surface area contributed by atoms with Gasteiger partial charge < -0.3 is 24.3 Å². The summed E-state index contributed by atoms with van der Waals surface area (Å²) in [5.74, 6) is 2.77. The number of aliphatic imine (C=N–C) groups is 1. The summed E-state index contributed by atoms with van der Waals surface area (Å²) in [7, 11) is 1.99. The maximum absolute atomic E-state index is 5.80. The molecule has 3 rings (SSSR count). The molecule has 2 saturated heterocycles. The summed E-state index contributed by atoms with van der Waals surface area (Å²) >= 11 is 0. The van der Waals surface area contributed by atoms with Crippen LogP contribution >= 0.6 is 0 Å². The van der Waals surface area contributed by atoms with E-state index in [1.54, 1.807) is 0 Å². The van der Waals surface area contributed by atoms with Gasteiger partial charge in [-0.25, -0.2) is 4.99 Å². The van der Waals surface area contributed by atoms with E-state index in [0.29, 0.717) is 12.6 Å². The number of nitrogens with zero attached hydrogens (tertiary/aromatic N) is 6. The predicted octanol–water partition coefficient (Wildman–Crippen LogP) is 0.792. The lowest BCUT2D eigenvalue weighted by Crippen LogP contribution is -2.47. The second-order valence-corrected chi connectivity index (χ2v) is 7.74. The first-order chi connectivity index (χ1) is 14.2. The molecule has 0 spiro atoms. The van der Waals surface area contributed by atoms with E-state index in [2.05, 4.69) is 32.2 Å². The summed E-state index contributed by atoms with van der Waals surface area (Å²) in [4.78, 5) is 9.71. The topological polar surface area (TPSA) is 80.0 Å². The Labute approximate surface area is 174 Å². The second-order valence-electron chi connectivity index (χ2n) is 7.74. The van der Waals surface area contributed by atoms with Crippen molar-refractivity contribution >= 4 is 5.96 Å². The molecular weight excluding hydrogens is 370 g/mol. The zero-order chi connectivity index (χ0) is 20.5. The molecule has 0 bridgehead atoms. The smallest absolute Gasteiger partial charge is 0.194 e. The number of morpholine rings is 1. The molecular formula is C20H37N7O2. The van der Waals surface area contributed by atoms with Gasteiger partial charge in [-0.1, -0.05) is 0 Å². The van der Waals surface area contributed by atoms with Crippen molar-refractivity contribution in [1.29, 1.82) is 0 Å². The molecule has 0 atom stereocenters. The van der Waals surface area contributed by atoms with Crippen LogP contribution in [0.25, 0.3) is 0 Å². The normalized spacial score (nSPS) is 19.7. The van der Waals surface area contributed by atoms with Crippen LogP contribution in [0.15, 0.2) is 4.99 Å². The Balaban J connectivity index is 1.53. The number of guanidine groups is 1. The van der Waals surface area contributed by atoms with E-state index >= 15 is 0 Å². The monoisotopic (exact) mass is 407 g/mol. The average molecular weight is 408 g/mol. The highest BCUT2D eigenvalue weighted by molar-refractivity contribution is 5.80. The third kappa shape index (κ3) is 6.65. The van der Waals surface area contributed by atoms with Crippen molar-refractivity contribution in [2.45, 2.75) is 45.8 Å². The van der Waals surface area contributed by atoms with Crippen molar-refractivity contribution < 1.29 is 9.47 Å². The molecule has 0 saturated carbocycles. The van der Waals surface area contributed by atoms with Gasteiger partial charge in [-0.05, 0) is 39.7 Å². The van der Waals surface area contributed by atoms with Crippen LogP contribution in [0.4, 0.5) is 0 Å². The van der Waals surface area contributed by atoms with Crippen molar-refractivity contribution in [3.63, 3.8) is 0 Å². The zero-order valence-corrected chi connectivity index (χ0v) is 18.3. The largest absolute Gasteiger partial charge is 0.379 e. The fourth-order valence-corrected chi connectivity index (χ4v) is 3.80. The SMILES string of the molecule is CCOC1CCN(C(=NCc2nnc(C)n2C)NCCCN2CCOCC2)CC1. The maximum atomic E-state index is 5.80. The molecule has 1 N–H and O–H groups in total. The van der Waals surface area contributed by atoms with Crippen molar-refractivity contribution in [2.24, 2.45) is 12.0 Å². The highest BCUT2D eigenvalue weighted by atomic mass is 16.5. The van der Waals surface area contributed by atoms with E-state index in [4.69, 9.17) is 14.5 Å². The van der Waals surface area contributed by atoms with Crippen molar-refractivity contribution in [3.05, 3.63) is 11.6 Å². The predicted molar refractivity (Wildman–Crippen MR) is 113 cm³/mol. The minimum Gasteiger partial charge on any atom is -0.379 e. The van der Waals surface area contributed by atoms with Crippen molar-refractivity contribution in [3.8, 4) is 0 Å². The molecule has 164 valence electrons. The van der Waals surface area contributed by atoms with Gasteiger partial charge in [0.2, 0.25) is 0 Å². The Bertz CT molecular complexity index is 635. The molecule has 3 heterocycles. The van der Waals surface area contributed by atoms with Gasteiger partial charge in [0.15, 0.2) is 11.8 Å². The van der Waals surface area contributed by atoms with E-state index < -0.39 is 0 Å². The minimum absolute atomic E-state index is 0.375. The van der Waals surface area contributed by atoms with Gasteiger partial charge in [0.1, 0.15) is 12.4 Å². The lowest BCUT2D eigenvalue weighted by molar-refractivity contribution is 0.0262. The van der Waals surface area contributed by atoms with E-state index in [1.807, 2.05) is 18.5 Å². The lowest BCUT2D eigenvalue weighted by Gasteiger charge is -2.34. The molecule has 1 aromatic heterocycles. The number of hydrogen-bond acceptors (Lipinski definition) is 6. The number of aromatic nitrogens is 3. The van der Waals surface area contributed by atoms with Gasteiger partial charge in [-0.2, -0.15) is 0 Å². The molecule has 0 radical (unpaired) electrons. The van der Waals surface area contributed by atoms with Crippen LogP contribution in [0.1, 0.15) is 37.8 Å². The fraction of sp³-hybridized carbons (Fsp3) is 0.850. The first-order valence-electron chi connectivity index (χ1n) is 11.0. The zero-order valence-electron chi connectivity index (χ0n) is 18.3. The molecule has 9 nitrogen and oxygen atoms in total. The number of piperidine rings is 1. The first-order valence-corrected chi connectivity index (χ1v) is 11.0. The number of rotatable bonds is 8. The number of likely N-dealkylation sites (tertiary alicyclic amines) is 1. The van der Waals surface area contributed by atoms with Crippen LogP contribution in [0.2, 0.25) is 0 Å². The minimum atomic E-state index is 0.375. The van der Waals surface area contributed by atoms with E-state index in [-0.39, 0.29) is 0 Å².